The van der Waals surface area contributed by atoms with E-state index in [0.29, 0.717) is 6.04 Å². The summed E-state index contributed by atoms with van der Waals surface area (Å²) in [5, 5.41) is 3.62. The highest BCUT2D eigenvalue weighted by atomic mass is 15.2. The summed E-state index contributed by atoms with van der Waals surface area (Å²) in [4.78, 5) is 2.51. The van der Waals surface area contributed by atoms with Crippen molar-refractivity contribution in [3.63, 3.8) is 0 Å². The van der Waals surface area contributed by atoms with E-state index in [4.69, 9.17) is 0 Å². The van der Waals surface area contributed by atoms with Gasteiger partial charge in [-0.15, -0.1) is 0 Å². The minimum Gasteiger partial charge on any atom is -0.370 e. The molecule has 1 N–H and O–H groups in total. The van der Waals surface area contributed by atoms with Gasteiger partial charge in [-0.3, -0.25) is 0 Å². The zero-order chi connectivity index (χ0) is 12.1. The van der Waals surface area contributed by atoms with Crippen LogP contribution in [0, 0.1) is 0 Å². The third-order valence-electron chi connectivity index (χ3n) is 3.56. The molecule has 0 aliphatic carbocycles. The second-order valence-electron chi connectivity index (χ2n) is 4.91. The van der Waals surface area contributed by atoms with Crippen molar-refractivity contribution in [3.05, 3.63) is 29.8 Å². The Kier molecular flexibility index (Phi) is 4.43. The summed E-state index contributed by atoms with van der Waals surface area (Å²) >= 11 is 0. The van der Waals surface area contributed by atoms with Gasteiger partial charge in [0.15, 0.2) is 0 Å². The normalized spacial score (nSPS) is 19.9. The Labute approximate surface area is 105 Å². The molecule has 1 atom stereocenters. The first-order valence-corrected chi connectivity index (χ1v) is 6.90. The van der Waals surface area contributed by atoms with E-state index in [-0.39, 0.29) is 0 Å². The Morgan fingerprint density at radius 3 is 3.00 bits per heavy atom. The highest BCUT2D eigenvalue weighted by Crippen LogP contribution is 2.21. The Hall–Kier alpha value is -1.02. The fraction of sp³-hybridized carbons (Fsp3) is 0.600. The highest BCUT2D eigenvalue weighted by molar-refractivity contribution is 5.49. The van der Waals surface area contributed by atoms with Crippen LogP contribution in [0.3, 0.4) is 0 Å². The van der Waals surface area contributed by atoms with Crippen molar-refractivity contribution >= 4 is 5.69 Å². The summed E-state index contributed by atoms with van der Waals surface area (Å²) in [6.45, 7) is 7.94. The predicted molar refractivity (Wildman–Crippen MR) is 74.7 cm³/mol. The van der Waals surface area contributed by atoms with Crippen LogP contribution in [0.5, 0.6) is 0 Å². The van der Waals surface area contributed by atoms with Crippen LogP contribution in [0.2, 0.25) is 0 Å². The van der Waals surface area contributed by atoms with Crippen molar-refractivity contribution in [1.29, 1.82) is 0 Å². The summed E-state index contributed by atoms with van der Waals surface area (Å²) in [6, 6.07) is 9.65. The van der Waals surface area contributed by atoms with Crippen LogP contribution in [0.4, 0.5) is 5.69 Å². The fourth-order valence-electron chi connectivity index (χ4n) is 2.48. The average Bonchev–Trinajstić information content (AvgIpc) is 2.85. The van der Waals surface area contributed by atoms with E-state index in [1.807, 2.05) is 0 Å². The molecule has 1 heterocycles. The van der Waals surface area contributed by atoms with Gasteiger partial charge in [0, 0.05) is 24.8 Å². The number of hydrogen-bond acceptors (Lipinski definition) is 2. The fourth-order valence-corrected chi connectivity index (χ4v) is 2.48. The maximum Gasteiger partial charge on any atom is 0.0369 e. The van der Waals surface area contributed by atoms with Gasteiger partial charge >= 0.3 is 0 Å². The largest absolute Gasteiger partial charge is 0.370 e. The van der Waals surface area contributed by atoms with Gasteiger partial charge in [0.2, 0.25) is 0 Å². The summed E-state index contributed by atoms with van der Waals surface area (Å²) in [5.74, 6) is 0. The van der Waals surface area contributed by atoms with Crippen LogP contribution < -0.4 is 10.2 Å². The van der Waals surface area contributed by atoms with Gasteiger partial charge in [-0.2, -0.15) is 0 Å². The molecule has 0 bridgehead atoms. The number of benzene rings is 1. The number of hydrogen-bond donors (Lipinski definition) is 1. The van der Waals surface area contributed by atoms with Crippen molar-refractivity contribution in [2.75, 3.05) is 24.5 Å². The number of rotatable bonds is 5. The van der Waals surface area contributed by atoms with Gasteiger partial charge in [0.25, 0.3) is 0 Å². The van der Waals surface area contributed by atoms with E-state index in [2.05, 4.69) is 48.3 Å². The quantitative estimate of drug-likeness (QED) is 0.840. The minimum atomic E-state index is 0.681. The predicted octanol–water partition coefficient (Wildman–Crippen LogP) is 2.83. The average molecular weight is 232 g/mol. The van der Waals surface area contributed by atoms with Gasteiger partial charge in [-0.1, -0.05) is 26.0 Å². The molecule has 17 heavy (non-hydrogen) atoms. The van der Waals surface area contributed by atoms with Crippen LogP contribution in [-0.2, 0) is 6.42 Å². The van der Waals surface area contributed by atoms with Crippen LogP contribution in [0.25, 0.3) is 0 Å². The zero-order valence-corrected chi connectivity index (χ0v) is 11.1. The molecule has 1 fully saturated rings. The van der Waals surface area contributed by atoms with Gasteiger partial charge in [-0.25, -0.2) is 0 Å². The van der Waals surface area contributed by atoms with Gasteiger partial charge < -0.3 is 10.2 Å². The van der Waals surface area contributed by atoms with Crippen LogP contribution in [0.1, 0.15) is 32.3 Å². The van der Waals surface area contributed by atoms with E-state index in [1.165, 1.54) is 30.6 Å². The molecule has 1 aromatic carbocycles. The topological polar surface area (TPSA) is 15.3 Å². The molecular formula is C15H24N2. The van der Waals surface area contributed by atoms with Gasteiger partial charge in [-0.05, 0) is 43.5 Å². The zero-order valence-electron chi connectivity index (χ0n) is 11.1. The molecule has 1 saturated heterocycles. The van der Waals surface area contributed by atoms with Crippen molar-refractivity contribution in [2.24, 2.45) is 0 Å². The molecule has 1 aliphatic heterocycles. The molecule has 2 rings (SSSR count). The Morgan fingerprint density at radius 2 is 2.24 bits per heavy atom. The third-order valence-corrected chi connectivity index (χ3v) is 3.56. The lowest BCUT2D eigenvalue weighted by atomic mass is 10.1. The van der Waals surface area contributed by atoms with Crippen molar-refractivity contribution in [1.82, 2.24) is 5.32 Å². The molecule has 0 aromatic heterocycles. The highest BCUT2D eigenvalue weighted by Gasteiger charge is 2.21. The lowest BCUT2D eigenvalue weighted by Gasteiger charge is -2.19. The number of nitrogens with one attached hydrogen (secondary N) is 1. The number of anilines is 1. The lowest BCUT2D eigenvalue weighted by Crippen LogP contribution is -2.32. The van der Waals surface area contributed by atoms with Gasteiger partial charge in [0.1, 0.15) is 0 Å². The van der Waals surface area contributed by atoms with E-state index in [0.717, 1.165) is 19.5 Å². The van der Waals surface area contributed by atoms with Crippen LogP contribution in [0.15, 0.2) is 24.3 Å². The van der Waals surface area contributed by atoms with E-state index in [1.54, 1.807) is 0 Å². The summed E-state index contributed by atoms with van der Waals surface area (Å²) < 4.78 is 0. The summed E-state index contributed by atoms with van der Waals surface area (Å²) in [7, 11) is 0. The number of aryl methyl sites for hydroxylation is 1. The van der Waals surface area contributed by atoms with Crippen molar-refractivity contribution in [2.45, 2.75) is 39.2 Å². The molecule has 94 valence electrons. The second-order valence-corrected chi connectivity index (χ2v) is 4.91. The Morgan fingerprint density at radius 1 is 1.35 bits per heavy atom. The Bertz CT molecular complexity index is 349. The maximum atomic E-state index is 3.62. The number of nitrogens with zero attached hydrogens (tertiary/aromatic N) is 1. The Balaban J connectivity index is 1.94. The molecular weight excluding hydrogens is 208 g/mol. The molecule has 0 radical (unpaired) electrons. The first-order valence-electron chi connectivity index (χ1n) is 6.90. The molecule has 0 amide bonds. The molecule has 1 unspecified atom stereocenters. The molecule has 1 aliphatic rings. The standard InChI is InChI=1S/C15H24N2/c1-3-9-16-14-8-10-17(12-14)15-7-5-6-13(4-2)11-15/h5-7,11,14,16H,3-4,8-10,12H2,1-2H3. The second kappa shape index (κ2) is 6.06. The SMILES string of the molecule is CCCNC1CCN(c2cccc(CC)c2)C1. The molecule has 1 aromatic rings. The van der Waals surface area contributed by atoms with Crippen LogP contribution >= 0.6 is 0 Å². The van der Waals surface area contributed by atoms with E-state index in [9.17, 15) is 0 Å². The monoisotopic (exact) mass is 232 g/mol. The first kappa shape index (κ1) is 12.4. The van der Waals surface area contributed by atoms with Crippen LogP contribution in [-0.4, -0.2) is 25.7 Å². The van der Waals surface area contributed by atoms with E-state index < -0.39 is 0 Å². The molecule has 0 saturated carbocycles. The lowest BCUT2D eigenvalue weighted by molar-refractivity contribution is 0.549. The van der Waals surface area contributed by atoms with Crippen molar-refractivity contribution in [3.8, 4) is 0 Å². The third kappa shape index (κ3) is 3.22. The smallest absolute Gasteiger partial charge is 0.0369 e. The summed E-state index contributed by atoms with van der Waals surface area (Å²) in [6.07, 6.45) is 3.62. The van der Waals surface area contributed by atoms with E-state index >= 15 is 0 Å². The minimum absolute atomic E-state index is 0.681. The van der Waals surface area contributed by atoms with Gasteiger partial charge in [0.05, 0.1) is 0 Å². The first-order chi connectivity index (χ1) is 8.33. The summed E-state index contributed by atoms with van der Waals surface area (Å²) in [5.41, 5.74) is 2.83. The van der Waals surface area contributed by atoms with Crippen molar-refractivity contribution < 1.29 is 0 Å². The molecule has 2 heteroatoms. The molecule has 0 spiro atoms. The maximum absolute atomic E-state index is 3.62. The molecule has 2 nitrogen and oxygen atoms in total.